The second-order valence-corrected chi connectivity index (χ2v) is 4.43. The van der Waals surface area contributed by atoms with Crippen LogP contribution in [-0.2, 0) is 6.18 Å². The van der Waals surface area contributed by atoms with E-state index in [1.807, 2.05) is 0 Å². The highest BCUT2D eigenvalue weighted by atomic mass is 19.4. The molecule has 0 atom stereocenters. The number of aryl methyl sites for hydroxylation is 1. The van der Waals surface area contributed by atoms with E-state index < -0.39 is 11.7 Å². The van der Waals surface area contributed by atoms with Gasteiger partial charge in [-0.1, -0.05) is 0 Å². The molecule has 2 heterocycles. The smallest absolute Gasteiger partial charge is 0.317 e. The number of hydrogen-bond donors (Lipinski definition) is 1. The first-order valence-corrected chi connectivity index (χ1v) is 5.73. The number of aromatic nitrogens is 1. The van der Waals surface area contributed by atoms with Crippen LogP contribution in [0.5, 0.6) is 0 Å². The molecular formula is C12H15F3N2. The zero-order valence-electron chi connectivity index (χ0n) is 9.64. The van der Waals surface area contributed by atoms with Crippen LogP contribution in [0.4, 0.5) is 13.2 Å². The largest absolute Gasteiger partial charge is 0.416 e. The molecule has 2 nitrogen and oxygen atoms in total. The van der Waals surface area contributed by atoms with Crippen molar-refractivity contribution in [3.63, 3.8) is 0 Å². The zero-order chi connectivity index (χ0) is 12.5. The lowest BCUT2D eigenvalue weighted by Crippen LogP contribution is -2.28. The summed E-state index contributed by atoms with van der Waals surface area (Å²) in [6.07, 6.45) is -1.40. The number of piperidine rings is 1. The molecule has 1 N–H and O–H groups in total. The van der Waals surface area contributed by atoms with Gasteiger partial charge in [-0.25, -0.2) is 0 Å². The van der Waals surface area contributed by atoms with E-state index >= 15 is 0 Å². The number of alkyl halides is 3. The first-order chi connectivity index (χ1) is 7.98. The van der Waals surface area contributed by atoms with Crippen LogP contribution < -0.4 is 5.32 Å². The van der Waals surface area contributed by atoms with Gasteiger partial charge in [0.2, 0.25) is 0 Å². The Hall–Kier alpha value is -1.10. The van der Waals surface area contributed by atoms with E-state index in [4.69, 9.17) is 0 Å². The normalized spacial score (nSPS) is 18.4. The molecule has 0 spiro atoms. The lowest BCUT2D eigenvalue weighted by molar-refractivity contribution is -0.138. The van der Waals surface area contributed by atoms with Crippen LogP contribution in [0.25, 0.3) is 0 Å². The fourth-order valence-electron chi connectivity index (χ4n) is 2.27. The van der Waals surface area contributed by atoms with Gasteiger partial charge in [0.25, 0.3) is 0 Å². The molecular weight excluding hydrogens is 229 g/mol. The molecule has 0 bridgehead atoms. The molecule has 0 unspecified atom stereocenters. The summed E-state index contributed by atoms with van der Waals surface area (Å²) in [4.78, 5) is 4.01. The molecule has 0 aliphatic carbocycles. The van der Waals surface area contributed by atoms with Crippen LogP contribution in [0.1, 0.15) is 35.6 Å². The molecule has 17 heavy (non-hydrogen) atoms. The lowest BCUT2D eigenvalue weighted by atomic mass is 9.88. The summed E-state index contributed by atoms with van der Waals surface area (Å²) in [5.74, 6) is -0.0269. The SMILES string of the molecule is Cc1cc(C(F)(F)F)c(C2CCNCC2)cn1. The van der Waals surface area contributed by atoms with Gasteiger partial charge in [0, 0.05) is 11.9 Å². The van der Waals surface area contributed by atoms with Gasteiger partial charge in [-0.3, -0.25) is 4.98 Å². The van der Waals surface area contributed by atoms with Crippen molar-refractivity contribution in [3.05, 3.63) is 29.1 Å². The number of hydrogen-bond acceptors (Lipinski definition) is 2. The highest BCUT2D eigenvalue weighted by Gasteiger charge is 2.35. The fourth-order valence-corrected chi connectivity index (χ4v) is 2.27. The fraction of sp³-hybridized carbons (Fsp3) is 0.583. The van der Waals surface area contributed by atoms with Gasteiger partial charge >= 0.3 is 6.18 Å². The van der Waals surface area contributed by atoms with Crippen LogP contribution in [0.3, 0.4) is 0 Å². The first kappa shape index (κ1) is 12.4. The second-order valence-electron chi connectivity index (χ2n) is 4.43. The van der Waals surface area contributed by atoms with Gasteiger partial charge in [-0.05, 0) is 50.4 Å². The van der Waals surface area contributed by atoms with Crippen molar-refractivity contribution in [1.82, 2.24) is 10.3 Å². The first-order valence-electron chi connectivity index (χ1n) is 5.73. The van der Waals surface area contributed by atoms with Crippen molar-refractivity contribution in [2.24, 2.45) is 0 Å². The minimum atomic E-state index is -4.28. The number of halogens is 3. The highest BCUT2D eigenvalue weighted by molar-refractivity contribution is 5.32. The monoisotopic (exact) mass is 244 g/mol. The summed E-state index contributed by atoms with van der Waals surface area (Å²) in [7, 11) is 0. The number of rotatable bonds is 1. The van der Waals surface area contributed by atoms with E-state index in [0.29, 0.717) is 11.3 Å². The lowest BCUT2D eigenvalue weighted by Gasteiger charge is -2.25. The molecule has 0 amide bonds. The predicted octanol–water partition coefficient (Wildman–Crippen LogP) is 2.88. The Morgan fingerprint density at radius 1 is 1.29 bits per heavy atom. The Labute approximate surface area is 98.2 Å². The Morgan fingerprint density at radius 3 is 2.53 bits per heavy atom. The summed E-state index contributed by atoms with van der Waals surface area (Å²) in [6.45, 7) is 3.13. The molecule has 1 aromatic heterocycles. The summed E-state index contributed by atoms with van der Waals surface area (Å²) < 4.78 is 38.8. The number of nitrogens with one attached hydrogen (secondary N) is 1. The van der Waals surface area contributed by atoms with Gasteiger partial charge in [0.15, 0.2) is 0 Å². The van der Waals surface area contributed by atoms with Gasteiger partial charge in [0.05, 0.1) is 5.56 Å². The summed E-state index contributed by atoms with van der Waals surface area (Å²) in [5.41, 5.74) is 0.247. The van der Waals surface area contributed by atoms with Crippen molar-refractivity contribution in [2.45, 2.75) is 31.9 Å². The van der Waals surface area contributed by atoms with Crippen molar-refractivity contribution < 1.29 is 13.2 Å². The van der Waals surface area contributed by atoms with Crippen molar-refractivity contribution in [3.8, 4) is 0 Å². The maximum atomic E-state index is 12.9. The third-order valence-electron chi connectivity index (χ3n) is 3.16. The molecule has 94 valence electrons. The summed E-state index contributed by atoms with van der Waals surface area (Å²) in [6, 6.07) is 1.15. The number of nitrogens with zero attached hydrogens (tertiary/aromatic N) is 1. The molecule has 0 aromatic carbocycles. The van der Waals surface area contributed by atoms with Crippen molar-refractivity contribution in [1.29, 1.82) is 0 Å². The van der Waals surface area contributed by atoms with E-state index in [-0.39, 0.29) is 5.92 Å². The maximum absolute atomic E-state index is 12.9. The van der Waals surface area contributed by atoms with Gasteiger partial charge in [-0.15, -0.1) is 0 Å². The van der Waals surface area contributed by atoms with Gasteiger partial charge < -0.3 is 5.32 Å². The van der Waals surface area contributed by atoms with Crippen LogP contribution >= 0.6 is 0 Å². The molecule has 1 aromatic rings. The minimum absolute atomic E-state index is 0.0269. The average Bonchev–Trinajstić information content (AvgIpc) is 2.29. The molecule has 1 saturated heterocycles. The van der Waals surface area contributed by atoms with E-state index in [2.05, 4.69) is 10.3 Å². The molecule has 1 aliphatic rings. The van der Waals surface area contributed by atoms with E-state index in [0.717, 1.165) is 32.0 Å². The number of pyridine rings is 1. The molecule has 0 radical (unpaired) electrons. The Balaban J connectivity index is 2.38. The quantitative estimate of drug-likeness (QED) is 0.821. The third-order valence-corrected chi connectivity index (χ3v) is 3.16. The highest BCUT2D eigenvalue weighted by Crippen LogP contribution is 2.37. The Kier molecular flexibility index (Phi) is 3.38. The summed E-state index contributed by atoms with van der Waals surface area (Å²) in [5, 5.41) is 3.15. The van der Waals surface area contributed by atoms with E-state index in [9.17, 15) is 13.2 Å². The van der Waals surface area contributed by atoms with E-state index in [1.54, 1.807) is 6.92 Å². The molecule has 2 rings (SSSR count). The topological polar surface area (TPSA) is 24.9 Å². The van der Waals surface area contributed by atoms with Crippen LogP contribution in [0.2, 0.25) is 0 Å². The third kappa shape index (κ3) is 2.77. The standard InChI is InChI=1S/C12H15F3N2/c1-8-6-11(12(13,14)15)10(7-17-8)9-2-4-16-5-3-9/h6-7,9,16H,2-5H2,1H3. The Bertz CT molecular complexity index is 395. The van der Waals surface area contributed by atoms with Crippen molar-refractivity contribution >= 4 is 0 Å². The molecule has 5 heteroatoms. The average molecular weight is 244 g/mol. The van der Waals surface area contributed by atoms with E-state index in [1.165, 1.54) is 6.20 Å². The molecule has 1 fully saturated rings. The predicted molar refractivity (Wildman–Crippen MR) is 58.8 cm³/mol. The van der Waals surface area contributed by atoms with Crippen LogP contribution in [0.15, 0.2) is 12.3 Å². The minimum Gasteiger partial charge on any atom is -0.317 e. The van der Waals surface area contributed by atoms with Crippen molar-refractivity contribution in [2.75, 3.05) is 13.1 Å². The van der Waals surface area contributed by atoms with Gasteiger partial charge in [-0.2, -0.15) is 13.2 Å². The molecule has 1 aliphatic heterocycles. The second kappa shape index (κ2) is 4.64. The maximum Gasteiger partial charge on any atom is 0.416 e. The van der Waals surface area contributed by atoms with Gasteiger partial charge in [0.1, 0.15) is 0 Å². The Morgan fingerprint density at radius 2 is 1.94 bits per heavy atom. The van der Waals surface area contributed by atoms with Crippen LogP contribution in [-0.4, -0.2) is 18.1 Å². The van der Waals surface area contributed by atoms with Crippen LogP contribution in [0, 0.1) is 6.92 Å². The zero-order valence-corrected chi connectivity index (χ0v) is 9.64. The molecule has 0 saturated carbocycles. The summed E-state index contributed by atoms with van der Waals surface area (Å²) >= 11 is 0.